The zero-order valence-electron chi connectivity index (χ0n) is 8.69. The molecule has 0 saturated carbocycles. The molecule has 0 radical (unpaired) electrons. The Morgan fingerprint density at radius 2 is 2.40 bits per heavy atom. The predicted molar refractivity (Wildman–Crippen MR) is 57.8 cm³/mol. The molecule has 0 saturated heterocycles. The maximum Gasteiger partial charge on any atom is 0.245 e. The number of anilines is 1. The van der Waals surface area contributed by atoms with Crippen molar-refractivity contribution < 1.29 is 9.53 Å². The zero-order chi connectivity index (χ0) is 11.3. The first-order valence-electron chi connectivity index (χ1n) is 4.55. The van der Waals surface area contributed by atoms with E-state index in [1.54, 1.807) is 0 Å². The van der Waals surface area contributed by atoms with Gasteiger partial charge in [-0.1, -0.05) is 18.3 Å². The number of methoxy groups -OCH3 is 1. The minimum absolute atomic E-state index is 0.186. The first kappa shape index (κ1) is 12.0. The highest BCUT2D eigenvalue weighted by molar-refractivity contribution is 7.15. The van der Waals surface area contributed by atoms with Crippen molar-refractivity contribution in [2.24, 2.45) is 5.73 Å². The molecule has 0 aliphatic rings. The highest BCUT2D eigenvalue weighted by atomic mass is 32.1. The fraction of sp³-hybridized carbons (Fsp3) is 0.625. The van der Waals surface area contributed by atoms with E-state index in [9.17, 15) is 4.79 Å². The van der Waals surface area contributed by atoms with Crippen LogP contribution in [0.15, 0.2) is 0 Å². The second-order valence-electron chi connectivity index (χ2n) is 2.91. The van der Waals surface area contributed by atoms with E-state index in [0.717, 1.165) is 11.4 Å². The Balaban J connectivity index is 2.50. The van der Waals surface area contributed by atoms with Gasteiger partial charge in [-0.25, -0.2) is 0 Å². The molecule has 1 rings (SSSR count). The van der Waals surface area contributed by atoms with Gasteiger partial charge in [0.2, 0.25) is 11.0 Å². The van der Waals surface area contributed by atoms with Crippen LogP contribution in [0.3, 0.4) is 0 Å². The van der Waals surface area contributed by atoms with Crippen LogP contribution in [0.1, 0.15) is 11.9 Å². The van der Waals surface area contributed by atoms with Gasteiger partial charge >= 0.3 is 0 Å². The Morgan fingerprint density at radius 1 is 1.67 bits per heavy atom. The predicted octanol–water partition coefficient (Wildman–Crippen LogP) is 0.0127. The van der Waals surface area contributed by atoms with Crippen molar-refractivity contribution >= 4 is 22.4 Å². The number of carbonyl (C=O) groups is 1. The number of hydrogen-bond donors (Lipinski definition) is 2. The summed E-state index contributed by atoms with van der Waals surface area (Å²) >= 11 is 1.35. The van der Waals surface area contributed by atoms with Crippen molar-refractivity contribution in [3.8, 4) is 0 Å². The van der Waals surface area contributed by atoms with E-state index in [0.29, 0.717) is 5.13 Å². The van der Waals surface area contributed by atoms with Crippen molar-refractivity contribution in [2.75, 3.05) is 19.0 Å². The quantitative estimate of drug-likeness (QED) is 0.743. The minimum Gasteiger partial charge on any atom is -0.383 e. The van der Waals surface area contributed by atoms with E-state index < -0.39 is 6.04 Å². The largest absolute Gasteiger partial charge is 0.383 e. The lowest BCUT2D eigenvalue weighted by Gasteiger charge is -2.08. The van der Waals surface area contributed by atoms with Gasteiger partial charge in [0, 0.05) is 7.11 Å². The van der Waals surface area contributed by atoms with Gasteiger partial charge in [0.1, 0.15) is 11.0 Å². The fourth-order valence-corrected chi connectivity index (χ4v) is 1.58. The van der Waals surface area contributed by atoms with Crippen LogP contribution in [0.25, 0.3) is 0 Å². The molecule has 7 heteroatoms. The van der Waals surface area contributed by atoms with Crippen molar-refractivity contribution in [1.82, 2.24) is 10.2 Å². The van der Waals surface area contributed by atoms with Crippen LogP contribution in [0, 0.1) is 0 Å². The summed E-state index contributed by atoms with van der Waals surface area (Å²) in [5.74, 6) is -0.310. The third-order valence-corrected chi connectivity index (χ3v) is 2.67. The average Bonchev–Trinajstić information content (AvgIpc) is 2.66. The molecule has 1 heterocycles. The van der Waals surface area contributed by atoms with E-state index in [1.165, 1.54) is 18.4 Å². The SMILES string of the molecule is CCc1nnc(NC(=O)C(N)COC)s1. The van der Waals surface area contributed by atoms with Crippen molar-refractivity contribution in [3.05, 3.63) is 5.01 Å². The van der Waals surface area contributed by atoms with Crippen LogP contribution < -0.4 is 11.1 Å². The summed E-state index contributed by atoms with van der Waals surface area (Å²) in [5.41, 5.74) is 5.53. The molecule has 0 bridgehead atoms. The maximum absolute atomic E-state index is 11.4. The molecule has 0 aliphatic heterocycles. The number of hydrogen-bond acceptors (Lipinski definition) is 6. The summed E-state index contributed by atoms with van der Waals surface area (Å²) in [6.45, 7) is 2.16. The van der Waals surface area contributed by atoms with Crippen LogP contribution in [0.5, 0.6) is 0 Å². The smallest absolute Gasteiger partial charge is 0.245 e. The molecular weight excluding hydrogens is 216 g/mol. The number of nitrogens with two attached hydrogens (primary N) is 1. The third kappa shape index (κ3) is 3.54. The summed E-state index contributed by atoms with van der Waals surface area (Å²) in [6.07, 6.45) is 0.803. The summed E-state index contributed by atoms with van der Waals surface area (Å²) in [5, 5.41) is 11.6. The Morgan fingerprint density at radius 3 is 2.93 bits per heavy atom. The number of nitrogens with one attached hydrogen (secondary N) is 1. The van der Waals surface area contributed by atoms with E-state index in [2.05, 4.69) is 15.5 Å². The lowest BCUT2D eigenvalue weighted by Crippen LogP contribution is -2.39. The molecular formula is C8H14N4O2S. The molecule has 1 atom stereocenters. The first-order chi connectivity index (χ1) is 7.17. The molecule has 0 spiro atoms. The van der Waals surface area contributed by atoms with Gasteiger partial charge in [0.05, 0.1) is 6.61 Å². The monoisotopic (exact) mass is 230 g/mol. The molecule has 0 aromatic carbocycles. The van der Waals surface area contributed by atoms with Gasteiger partial charge in [-0.2, -0.15) is 0 Å². The summed E-state index contributed by atoms with van der Waals surface area (Å²) in [4.78, 5) is 11.4. The number of aryl methyl sites for hydroxylation is 1. The van der Waals surface area contributed by atoms with E-state index >= 15 is 0 Å². The minimum atomic E-state index is -0.677. The lowest BCUT2D eigenvalue weighted by atomic mass is 10.3. The summed E-state index contributed by atoms with van der Waals surface area (Å²) in [6, 6.07) is -0.677. The molecule has 1 amide bonds. The van der Waals surface area contributed by atoms with Crippen LogP contribution in [-0.2, 0) is 16.0 Å². The van der Waals surface area contributed by atoms with Crippen LogP contribution in [0.2, 0.25) is 0 Å². The number of ether oxygens (including phenoxy) is 1. The number of aromatic nitrogens is 2. The number of amides is 1. The van der Waals surface area contributed by atoms with Crippen molar-refractivity contribution in [3.63, 3.8) is 0 Å². The average molecular weight is 230 g/mol. The van der Waals surface area contributed by atoms with E-state index in [4.69, 9.17) is 10.5 Å². The molecule has 1 aromatic heterocycles. The fourth-order valence-electron chi connectivity index (χ4n) is 0.900. The van der Waals surface area contributed by atoms with Crippen LogP contribution in [0.4, 0.5) is 5.13 Å². The van der Waals surface area contributed by atoms with E-state index in [-0.39, 0.29) is 12.5 Å². The molecule has 0 aliphatic carbocycles. The lowest BCUT2D eigenvalue weighted by molar-refractivity contribution is -0.118. The van der Waals surface area contributed by atoms with Crippen molar-refractivity contribution in [1.29, 1.82) is 0 Å². The molecule has 3 N–H and O–H groups in total. The maximum atomic E-state index is 11.4. The van der Waals surface area contributed by atoms with Gasteiger partial charge in [0.15, 0.2) is 0 Å². The molecule has 6 nitrogen and oxygen atoms in total. The van der Waals surface area contributed by atoms with Gasteiger partial charge < -0.3 is 10.5 Å². The third-order valence-electron chi connectivity index (χ3n) is 1.68. The highest BCUT2D eigenvalue weighted by Gasteiger charge is 2.14. The van der Waals surface area contributed by atoms with Crippen molar-refractivity contribution in [2.45, 2.75) is 19.4 Å². The Labute approximate surface area is 91.8 Å². The van der Waals surface area contributed by atoms with Gasteiger partial charge in [-0.15, -0.1) is 10.2 Å². The number of nitrogens with zero attached hydrogens (tertiary/aromatic N) is 2. The normalized spacial score (nSPS) is 12.5. The number of rotatable bonds is 5. The van der Waals surface area contributed by atoms with E-state index in [1.807, 2.05) is 6.92 Å². The number of carbonyl (C=O) groups excluding carboxylic acids is 1. The van der Waals surface area contributed by atoms with Gasteiger partial charge in [-0.3, -0.25) is 10.1 Å². The van der Waals surface area contributed by atoms with Gasteiger partial charge in [0.25, 0.3) is 0 Å². The molecule has 84 valence electrons. The Kier molecular flexibility index (Phi) is 4.60. The van der Waals surface area contributed by atoms with Gasteiger partial charge in [-0.05, 0) is 6.42 Å². The molecule has 0 fully saturated rings. The Bertz CT molecular complexity index is 328. The zero-order valence-corrected chi connectivity index (χ0v) is 9.50. The first-order valence-corrected chi connectivity index (χ1v) is 5.36. The summed E-state index contributed by atoms with van der Waals surface area (Å²) in [7, 11) is 1.49. The Hall–Kier alpha value is -1.05. The van der Waals surface area contributed by atoms with Crippen LogP contribution in [-0.4, -0.2) is 35.9 Å². The second-order valence-corrected chi connectivity index (χ2v) is 3.97. The molecule has 1 unspecified atom stereocenters. The second kappa shape index (κ2) is 5.74. The highest BCUT2D eigenvalue weighted by Crippen LogP contribution is 2.15. The standard InChI is InChI=1S/C8H14N4O2S/c1-3-6-11-12-8(15-6)10-7(13)5(9)4-14-2/h5H,3-4,9H2,1-2H3,(H,10,12,13). The summed E-state index contributed by atoms with van der Waals surface area (Å²) < 4.78 is 4.77. The topological polar surface area (TPSA) is 90.1 Å². The molecule has 1 aromatic rings. The molecule has 15 heavy (non-hydrogen) atoms. The van der Waals surface area contributed by atoms with Crippen LogP contribution >= 0.6 is 11.3 Å².